The lowest BCUT2D eigenvalue weighted by molar-refractivity contribution is -0.121. The molecular weight excluding hydrogens is 212 g/mol. The van der Waals surface area contributed by atoms with E-state index in [1.54, 1.807) is 6.19 Å². The molecule has 86 valence electrons. The number of nitriles is 1. The van der Waals surface area contributed by atoms with Crippen molar-refractivity contribution >= 4 is 16.7 Å². The summed E-state index contributed by atoms with van der Waals surface area (Å²) in [6.45, 7) is 5.76. The van der Waals surface area contributed by atoms with Crippen molar-refractivity contribution in [2.24, 2.45) is 5.41 Å². The third-order valence-electron chi connectivity index (χ3n) is 2.16. The van der Waals surface area contributed by atoms with E-state index < -0.39 is 10.8 Å². The second kappa shape index (κ2) is 6.57. The third kappa shape index (κ3) is 7.09. The maximum atomic E-state index is 11.2. The number of carbonyl (C=O) groups excluding carboxylic acids is 1. The average molecular weight is 230 g/mol. The van der Waals surface area contributed by atoms with Gasteiger partial charge in [0.1, 0.15) is 0 Å². The highest BCUT2D eigenvalue weighted by atomic mass is 32.2. The maximum absolute atomic E-state index is 11.2. The van der Waals surface area contributed by atoms with Crippen molar-refractivity contribution in [3.63, 3.8) is 0 Å². The number of hydrogen-bond donors (Lipinski definition) is 1. The van der Waals surface area contributed by atoms with E-state index in [1.807, 2.05) is 20.8 Å². The lowest BCUT2D eigenvalue weighted by Gasteiger charge is -2.22. The van der Waals surface area contributed by atoms with Gasteiger partial charge in [-0.25, -0.2) is 0 Å². The Kier molecular flexibility index (Phi) is 6.18. The predicted molar refractivity (Wildman–Crippen MR) is 60.3 cm³/mol. The van der Waals surface area contributed by atoms with Crippen LogP contribution in [-0.2, 0) is 15.6 Å². The summed E-state index contributed by atoms with van der Waals surface area (Å²) in [5.74, 6) is 0.994. The summed E-state index contributed by atoms with van der Waals surface area (Å²) in [5.41, 5.74) is -0.203. The quantitative estimate of drug-likeness (QED) is 0.550. The zero-order valence-corrected chi connectivity index (χ0v) is 10.3. The molecule has 0 saturated carbocycles. The molecular formula is C10H18N2O2S. The Morgan fingerprint density at radius 3 is 2.60 bits per heavy atom. The number of nitrogens with zero attached hydrogens (tertiary/aromatic N) is 1. The highest BCUT2D eigenvalue weighted by molar-refractivity contribution is 7.84. The van der Waals surface area contributed by atoms with Crippen molar-refractivity contribution in [1.82, 2.24) is 5.32 Å². The third-order valence-corrected chi connectivity index (χ3v) is 3.47. The number of nitrogens with one attached hydrogen (secondary N) is 1. The first-order valence-electron chi connectivity index (χ1n) is 4.94. The molecule has 4 nitrogen and oxygen atoms in total. The van der Waals surface area contributed by atoms with E-state index in [0.717, 1.165) is 6.42 Å². The standard InChI is InChI=1S/C10H18N2O2S/c1-4-15(14)6-5-10(2,3)7-9(13)12-8-11/h4-7H2,1-3H3,(H,12,13). The van der Waals surface area contributed by atoms with Gasteiger partial charge in [0.2, 0.25) is 5.91 Å². The summed E-state index contributed by atoms with van der Waals surface area (Å²) < 4.78 is 11.2. The van der Waals surface area contributed by atoms with E-state index in [2.05, 4.69) is 5.32 Å². The molecule has 0 aromatic heterocycles. The van der Waals surface area contributed by atoms with Crippen molar-refractivity contribution in [2.45, 2.75) is 33.6 Å². The minimum atomic E-state index is -0.789. The van der Waals surface area contributed by atoms with Gasteiger partial charge in [0, 0.05) is 28.7 Å². The van der Waals surface area contributed by atoms with E-state index in [0.29, 0.717) is 17.9 Å². The van der Waals surface area contributed by atoms with Crippen LogP contribution in [0, 0.1) is 16.9 Å². The zero-order chi connectivity index (χ0) is 11.9. The predicted octanol–water partition coefficient (Wildman–Crippen LogP) is 1.16. The van der Waals surface area contributed by atoms with Gasteiger partial charge in [0.15, 0.2) is 6.19 Å². The summed E-state index contributed by atoms with van der Waals surface area (Å²) in [6, 6.07) is 0. The summed E-state index contributed by atoms with van der Waals surface area (Å²) in [4.78, 5) is 11.2. The number of carbonyl (C=O) groups is 1. The van der Waals surface area contributed by atoms with Gasteiger partial charge in [-0.3, -0.25) is 14.3 Å². The Hall–Kier alpha value is -0.890. The minimum Gasteiger partial charge on any atom is -0.274 e. The Labute approximate surface area is 93.5 Å². The molecule has 0 saturated heterocycles. The summed E-state index contributed by atoms with van der Waals surface area (Å²) >= 11 is 0. The van der Waals surface area contributed by atoms with Crippen molar-refractivity contribution in [2.75, 3.05) is 11.5 Å². The first kappa shape index (κ1) is 14.1. The number of rotatable bonds is 6. The van der Waals surface area contributed by atoms with Crippen LogP contribution in [0.2, 0.25) is 0 Å². The zero-order valence-electron chi connectivity index (χ0n) is 9.50. The molecule has 0 rings (SSSR count). The Bertz CT molecular complexity index is 282. The molecule has 0 aromatic carbocycles. The molecule has 0 radical (unpaired) electrons. The molecule has 15 heavy (non-hydrogen) atoms. The van der Waals surface area contributed by atoms with Gasteiger partial charge in [0.05, 0.1) is 0 Å². The fourth-order valence-corrected chi connectivity index (χ4v) is 2.23. The van der Waals surface area contributed by atoms with Gasteiger partial charge in [0.25, 0.3) is 0 Å². The lowest BCUT2D eigenvalue weighted by atomic mass is 9.86. The molecule has 0 heterocycles. The summed E-state index contributed by atoms with van der Waals surface area (Å²) in [7, 11) is -0.789. The Balaban J connectivity index is 4.02. The van der Waals surface area contributed by atoms with Gasteiger partial charge >= 0.3 is 0 Å². The molecule has 0 bridgehead atoms. The maximum Gasteiger partial charge on any atom is 0.233 e. The topological polar surface area (TPSA) is 70.0 Å². The average Bonchev–Trinajstić information content (AvgIpc) is 2.13. The summed E-state index contributed by atoms with van der Waals surface area (Å²) in [5, 5.41) is 10.4. The SMILES string of the molecule is CCS(=O)CCC(C)(C)CC(=O)NC#N. The van der Waals surface area contributed by atoms with Crippen LogP contribution in [-0.4, -0.2) is 21.6 Å². The Morgan fingerprint density at radius 1 is 1.53 bits per heavy atom. The van der Waals surface area contributed by atoms with Crippen molar-refractivity contribution in [3.8, 4) is 6.19 Å². The molecule has 0 aliphatic carbocycles. The lowest BCUT2D eigenvalue weighted by Crippen LogP contribution is -2.26. The van der Waals surface area contributed by atoms with E-state index in [4.69, 9.17) is 5.26 Å². The molecule has 1 amide bonds. The normalized spacial score (nSPS) is 12.9. The van der Waals surface area contributed by atoms with Gasteiger partial charge in [-0.2, -0.15) is 5.26 Å². The van der Waals surface area contributed by atoms with Crippen LogP contribution >= 0.6 is 0 Å². The van der Waals surface area contributed by atoms with Crippen molar-refractivity contribution in [3.05, 3.63) is 0 Å². The smallest absolute Gasteiger partial charge is 0.233 e. The molecule has 1 unspecified atom stereocenters. The molecule has 0 aliphatic rings. The van der Waals surface area contributed by atoms with E-state index in [1.165, 1.54) is 0 Å². The number of amides is 1. The van der Waals surface area contributed by atoms with Crippen LogP contribution in [0.4, 0.5) is 0 Å². The van der Waals surface area contributed by atoms with E-state index in [9.17, 15) is 9.00 Å². The van der Waals surface area contributed by atoms with Crippen molar-refractivity contribution in [1.29, 1.82) is 5.26 Å². The van der Waals surface area contributed by atoms with Crippen molar-refractivity contribution < 1.29 is 9.00 Å². The van der Waals surface area contributed by atoms with Crippen LogP contribution in [0.1, 0.15) is 33.6 Å². The molecule has 0 aliphatic heterocycles. The van der Waals surface area contributed by atoms with E-state index >= 15 is 0 Å². The van der Waals surface area contributed by atoms with Crippen LogP contribution in [0.15, 0.2) is 0 Å². The monoisotopic (exact) mass is 230 g/mol. The first-order valence-corrected chi connectivity index (χ1v) is 6.43. The van der Waals surface area contributed by atoms with Gasteiger partial charge < -0.3 is 0 Å². The second-order valence-electron chi connectivity index (χ2n) is 4.18. The van der Waals surface area contributed by atoms with Crippen LogP contribution in [0.3, 0.4) is 0 Å². The number of hydrogen-bond acceptors (Lipinski definition) is 3. The van der Waals surface area contributed by atoms with E-state index in [-0.39, 0.29) is 11.3 Å². The molecule has 0 spiro atoms. The summed E-state index contributed by atoms with van der Waals surface area (Å²) in [6.07, 6.45) is 2.63. The van der Waals surface area contributed by atoms with Crippen LogP contribution in [0.5, 0.6) is 0 Å². The van der Waals surface area contributed by atoms with Gasteiger partial charge in [-0.1, -0.05) is 20.8 Å². The Morgan fingerprint density at radius 2 is 2.13 bits per heavy atom. The van der Waals surface area contributed by atoms with Crippen LogP contribution in [0.25, 0.3) is 0 Å². The largest absolute Gasteiger partial charge is 0.274 e. The second-order valence-corrected chi connectivity index (χ2v) is 6.05. The highest BCUT2D eigenvalue weighted by Crippen LogP contribution is 2.25. The fourth-order valence-electron chi connectivity index (χ4n) is 1.16. The van der Waals surface area contributed by atoms with Gasteiger partial charge in [-0.05, 0) is 11.8 Å². The molecule has 0 aromatic rings. The molecule has 1 atom stereocenters. The molecule has 0 fully saturated rings. The van der Waals surface area contributed by atoms with Crippen LogP contribution < -0.4 is 5.32 Å². The highest BCUT2D eigenvalue weighted by Gasteiger charge is 2.22. The fraction of sp³-hybridized carbons (Fsp3) is 0.800. The first-order chi connectivity index (χ1) is 6.91. The minimum absolute atomic E-state index is 0.203. The molecule has 1 N–H and O–H groups in total. The van der Waals surface area contributed by atoms with Gasteiger partial charge in [-0.15, -0.1) is 0 Å². The molecule has 5 heteroatoms.